The fourth-order valence-corrected chi connectivity index (χ4v) is 1.92. The molecule has 1 rings (SSSR count). The zero-order chi connectivity index (χ0) is 13.9. The van der Waals surface area contributed by atoms with Gasteiger partial charge in [-0.25, -0.2) is 0 Å². The zero-order valence-electron chi connectivity index (χ0n) is 9.50. The van der Waals surface area contributed by atoms with E-state index in [1.807, 2.05) is 0 Å². The number of hydrogen-bond acceptors (Lipinski definition) is 3. The number of benzene rings is 1. The van der Waals surface area contributed by atoms with Gasteiger partial charge in [-0.3, -0.25) is 0 Å². The Morgan fingerprint density at radius 2 is 1.94 bits per heavy atom. The van der Waals surface area contributed by atoms with Crippen LogP contribution in [0.5, 0.6) is 0 Å². The van der Waals surface area contributed by atoms with Crippen molar-refractivity contribution < 1.29 is 23.4 Å². The Morgan fingerprint density at radius 1 is 1.33 bits per heavy atom. The van der Waals surface area contributed by atoms with Crippen LogP contribution in [-0.4, -0.2) is 29.9 Å². The van der Waals surface area contributed by atoms with Gasteiger partial charge in [-0.2, -0.15) is 13.2 Å². The molecule has 1 aromatic carbocycles. The van der Waals surface area contributed by atoms with E-state index in [9.17, 15) is 23.4 Å². The third-order valence-electron chi connectivity index (χ3n) is 2.42. The van der Waals surface area contributed by atoms with E-state index in [-0.39, 0.29) is 16.6 Å². The molecule has 0 aliphatic rings. The molecule has 0 heterocycles. The maximum absolute atomic E-state index is 12.8. The fraction of sp³-hybridized carbons (Fsp3) is 0.455. The first kappa shape index (κ1) is 15.4. The maximum atomic E-state index is 12.8. The van der Waals surface area contributed by atoms with Crippen molar-refractivity contribution >= 4 is 15.9 Å². The van der Waals surface area contributed by atoms with Gasteiger partial charge in [-0.15, -0.1) is 0 Å². The summed E-state index contributed by atoms with van der Waals surface area (Å²) in [6, 6.07) is 3.42. The molecule has 0 spiro atoms. The van der Waals surface area contributed by atoms with E-state index in [1.165, 1.54) is 13.1 Å². The molecule has 0 aliphatic carbocycles. The minimum Gasteiger partial charge on any atom is -0.389 e. The van der Waals surface area contributed by atoms with Gasteiger partial charge in [-0.1, -0.05) is 22.0 Å². The fourth-order valence-electron chi connectivity index (χ4n) is 1.56. The van der Waals surface area contributed by atoms with Gasteiger partial charge in [0, 0.05) is 11.0 Å². The first-order valence-electron chi connectivity index (χ1n) is 5.14. The van der Waals surface area contributed by atoms with Crippen LogP contribution in [0, 0.1) is 0 Å². The number of hydrogen-bond donors (Lipinski definition) is 3. The van der Waals surface area contributed by atoms with E-state index in [0.717, 1.165) is 12.1 Å². The van der Waals surface area contributed by atoms with Crippen molar-refractivity contribution in [1.29, 1.82) is 0 Å². The third kappa shape index (κ3) is 3.68. The summed E-state index contributed by atoms with van der Waals surface area (Å²) >= 11 is 2.95. The second kappa shape index (κ2) is 6.01. The van der Waals surface area contributed by atoms with Gasteiger partial charge in [0.1, 0.15) is 6.10 Å². The molecule has 0 aromatic heterocycles. The van der Waals surface area contributed by atoms with Crippen LogP contribution in [0.15, 0.2) is 22.7 Å². The highest BCUT2D eigenvalue weighted by molar-refractivity contribution is 9.10. The number of aliphatic hydroxyl groups excluding tert-OH is 2. The highest BCUT2D eigenvalue weighted by Crippen LogP contribution is 2.37. The molecular formula is C11H13BrF3NO2. The zero-order valence-corrected chi connectivity index (χ0v) is 11.1. The topological polar surface area (TPSA) is 52.5 Å². The van der Waals surface area contributed by atoms with E-state index in [2.05, 4.69) is 21.2 Å². The molecule has 2 unspecified atom stereocenters. The van der Waals surface area contributed by atoms with Gasteiger partial charge in [0.05, 0.1) is 11.7 Å². The van der Waals surface area contributed by atoms with Crippen LogP contribution in [0.1, 0.15) is 17.2 Å². The molecule has 0 saturated heterocycles. The minimum atomic E-state index is -4.58. The van der Waals surface area contributed by atoms with Crippen molar-refractivity contribution in [3.63, 3.8) is 0 Å². The lowest BCUT2D eigenvalue weighted by atomic mass is 9.98. The van der Waals surface area contributed by atoms with Crippen molar-refractivity contribution in [3.05, 3.63) is 33.8 Å². The highest BCUT2D eigenvalue weighted by atomic mass is 79.9. The standard InChI is InChI=1S/C11H13BrF3NO2/c1-16-5-9(17)10(18)7-3-2-6(12)4-8(7)11(13,14)15/h2-4,9-10,16-18H,5H2,1H3. The predicted molar refractivity (Wildman–Crippen MR) is 64.0 cm³/mol. The van der Waals surface area contributed by atoms with E-state index in [1.54, 1.807) is 0 Å². The second-order valence-electron chi connectivity index (χ2n) is 3.80. The van der Waals surface area contributed by atoms with E-state index in [0.29, 0.717) is 0 Å². The largest absolute Gasteiger partial charge is 0.416 e. The molecule has 0 fully saturated rings. The van der Waals surface area contributed by atoms with Crippen molar-refractivity contribution in [3.8, 4) is 0 Å². The molecule has 0 saturated carbocycles. The molecule has 3 nitrogen and oxygen atoms in total. The van der Waals surface area contributed by atoms with Gasteiger partial charge in [0.25, 0.3) is 0 Å². The number of nitrogens with one attached hydrogen (secondary N) is 1. The SMILES string of the molecule is CNCC(O)C(O)c1ccc(Br)cc1C(F)(F)F. The Morgan fingerprint density at radius 3 is 2.44 bits per heavy atom. The quantitative estimate of drug-likeness (QED) is 0.793. The Balaban J connectivity index is 3.15. The summed E-state index contributed by atoms with van der Waals surface area (Å²) in [5, 5.41) is 21.9. The smallest absolute Gasteiger partial charge is 0.389 e. The summed E-state index contributed by atoms with van der Waals surface area (Å²) in [5.74, 6) is 0. The van der Waals surface area contributed by atoms with Crippen molar-refractivity contribution in [2.24, 2.45) is 0 Å². The number of likely N-dealkylation sites (N-methyl/N-ethyl adjacent to an activating group) is 1. The lowest BCUT2D eigenvalue weighted by Crippen LogP contribution is -2.30. The lowest BCUT2D eigenvalue weighted by molar-refractivity contribution is -0.139. The van der Waals surface area contributed by atoms with Gasteiger partial charge in [-0.05, 0) is 24.7 Å². The van der Waals surface area contributed by atoms with Crippen molar-refractivity contribution in [2.75, 3.05) is 13.6 Å². The summed E-state index contributed by atoms with van der Waals surface area (Å²) in [7, 11) is 1.53. The van der Waals surface area contributed by atoms with Crippen molar-refractivity contribution in [2.45, 2.75) is 18.4 Å². The third-order valence-corrected chi connectivity index (χ3v) is 2.91. The Hall–Kier alpha value is -0.630. The monoisotopic (exact) mass is 327 g/mol. The average molecular weight is 328 g/mol. The Labute approximate surface area is 111 Å². The van der Waals surface area contributed by atoms with Gasteiger partial charge < -0.3 is 15.5 Å². The second-order valence-corrected chi connectivity index (χ2v) is 4.71. The first-order valence-corrected chi connectivity index (χ1v) is 5.94. The molecule has 0 bridgehead atoms. The molecule has 7 heteroatoms. The molecule has 1 aromatic rings. The molecule has 2 atom stereocenters. The minimum absolute atomic E-state index is 0.00543. The molecule has 102 valence electrons. The summed E-state index contributed by atoms with van der Waals surface area (Å²) < 4.78 is 38.7. The summed E-state index contributed by atoms with van der Waals surface area (Å²) in [6.45, 7) is -0.00543. The van der Waals surface area contributed by atoms with Crippen molar-refractivity contribution in [1.82, 2.24) is 5.32 Å². The van der Waals surface area contributed by atoms with Crippen LogP contribution in [0.25, 0.3) is 0 Å². The maximum Gasteiger partial charge on any atom is 0.416 e. The summed E-state index contributed by atoms with van der Waals surface area (Å²) in [6.07, 6.45) is -7.49. The summed E-state index contributed by atoms with van der Waals surface area (Å²) in [4.78, 5) is 0. The van der Waals surface area contributed by atoms with Crippen LogP contribution in [0.3, 0.4) is 0 Å². The number of rotatable bonds is 4. The number of halogens is 4. The van der Waals surface area contributed by atoms with E-state index >= 15 is 0 Å². The molecule has 3 N–H and O–H groups in total. The Bertz CT molecular complexity index is 412. The van der Waals surface area contributed by atoms with Crippen LogP contribution in [0.4, 0.5) is 13.2 Å². The summed E-state index contributed by atoms with van der Waals surface area (Å²) in [5.41, 5.74) is -1.30. The van der Waals surface area contributed by atoms with E-state index < -0.39 is 23.9 Å². The van der Waals surface area contributed by atoms with Crippen LogP contribution < -0.4 is 5.32 Å². The van der Waals surface area contributed by atoms with Gasteiger partial charge in [0.2, 0.25) is 0 Å². The van der Waals surface area contributed by atoms with Crippen LogP contribution >= 0.6 is 15.9 Å². The highest BCUT2D eigenvalue weighted by Gasteiger charge is 2.36. The average Bonchev–Trinajstić information content (AvgIpc) is 2.27. The Kier molecular flexibility index (Phi) is 5.15. The molecule has 0 aliphatic heterocycles. The van der Waals surface area contributed by atoms with E-state index in [4.69, 9.17) is 0 Å². The van der Waals surface area contributed by atoms with Crippen LogP contribution in [-0.2, 0) is 6.18 Å². The predicted octanol–water partition coefficient (Wildman–Crippen LogP) is 2.08. The molecule has 18 heavy (non-hydrogen) atoms. The number of alkyl halides is 3. The normalized spacial score (nSPS) is 15.5. The molecule has 0 amide bonds. The first-order chi connectivity index (χ1) is 8.27. The van der Waals surface area contributed by atoms with Crippen LogP contribution in [0.2, 0.25) is 0 Å². The molecular weight excluding hydrogens is 315 g/mol. The van der Waals surface area contributed by atoms with Gasteiger partial charge >= 0.3 is 6.18 Å². The molecule has 0 radical (unpaired) electrons. The lowest BCUT2D eigenvalue weighted by Gasteiger charge is -2.22. The van der Waals surface area contributed by atoms with Gasteiger partial charge in [0.15, 0.2) is 0 Å². The number of aliphatic hydroxyl groups is 2.